The molecule has 20 heavy (non-hydrogen) atoms. The first-order chi connectivity index (χ1) is 9.36. The maximum Gasteiger partial charge on any atom is 0.241 e. The van der Waals surface area contributed by atoms with E-state index in [0.717, 1.165) is 0 Å². The van der Waals surface area contributed by atoms with Crippen molar-refractivity contribution in [3.05, 3.63) is 29.3 Å². The number of rotatable bonds is 7. The highest BCUT2D eigenvalue weighted by atomic mass is 35.5. The highest BCUT2D eigenvalue weighted by molar-refractivity contribution is 7.89. The standard InChI is InChI=1S/C12H17ClN2O4S/c1-9(12(17)14-7-2-8-16)15-20(18,19)11-5-3-10(13)4-6-11/h3-6,9,15-16H,2,7-8H2,1H3,(H,14,17)/t9-/m0/s1. The number of hydrogen-bond acceptors (Lipinski definition) is 4. The Hall–Kier alpha value is -1.15. The van der Waals surface area contributed by atoms with Crippen molar-refractivity contribution in [1.29, 1.82) is 0 Å². The van der Waals surface area contributed by atoms with Crippen molar-refractivity contribution in [3.63, 3.8) is 0 Å². The molecule has 6 nitrogen and oxygen atoms in total. The minimum atomic E-state index is -3.77. The van der Waals surface area contributed by atoms with Crippen molar-refractivity contribution < 1.29 is 18.3 Å². The summed E-state index contributed by atoms with van der Waals surface area (Å²) in [4.78, 5) is 11.7. The first-order valence-electron chi connectivity index (χ1n) is 6.03. The molecular weight excluding hydrogens is 304 g/mol. The van der Waals surface area contributed by atoms with E-state index in [9.17, 15) is 13.2 Å². The van der Waals surface area contributed by atoms with Gasteiger partial charge in [0.15, 0.2) is 0 Å². The van der Waals surface area contributed by atoms with Gasteiger partial charge in [-0.25, -0.2) is 8.42 Å². The monoisotopic (exact) mass is 320 g/mol. The van der Waals surface area contributed by atoms with E-state index >= 15 is 0 Å². The molecule has 1 amide bonds. The molecule has 8 heteroatoms. The van der Waals surface area contributed by atoms with Gasteiger partial charge in [-0.15, -0.1) is 0 Å². The highest BCUT2D eigenvalue weighted by Crippen LogP contribution is 2.14. The van der Waals surface area contributed by atoms with Gasteiger partial charge >= 0.3 is 0 Å². The third-order valence-electron chi connectivity index (χ3n) is 2.48. The fourth-order valence-corrected chi connectivity index (χ4v) is 2.74. The average molecular weight is 321 g/mol. The Kier molecular flexibility index (Phi) is 6.41. The smallest absolute Gasteiger partial charge is 0.241 e. The van der Waals surface area contributed by atoms with Crippen molar-refractivity contribution in [3.8, 4) is 0 Å². The minimum Gasteiger partial charge on any atom is -0.396 e. The van der Waals surface area contributed by atoms with Gasteiger partial charge in [-0.1, -0.05) is 11.6 Å². The van der Waals surface area contributed by atoms with Crippen LogP contribution in [0.5, 0.6) is 0 Å². The van der Waals surface area contributed by atoms with Crippen LogP contribution in [0.15, 0.2) is 29.2 Å². The Labute approximate surface area is 123 Å². The van der Waals surface area contributed by atoms with Crippen molar-refractivity contribution in [1.82, 2.24) is 10.0 Å². The number of aliphatic hydroxyl groups excluding tert-OH is 1. The molecule has 0 bridgehead atoms. The van der Waals surface area contributed by atoms with E-state index in [1.165, 1.54) is 31.2 Å². The van der Waals surface area contributed by atoms with E-state index in [1.54, 1.807) is 0 Å². The van der Waals surface area contributed by atoms with Gasteiger partial charge in [0.05, 0.1) is 10.9 Å². The molecule has 1 rings (SSSR count). The van der Waals surface area contributed by atoms with Crippen LogP contribution in [0.1, 0.15) is 13.3 Å². The van der Waals surface area contributed by atoms with E-state index in [0.29, 0.717) is 18.0 Å². The summed E-state index contributed by atoms with van der Waals surface area (Å²) in [6.45, 7) is 1.70. The fraction of sp³-hybridized carbons (Fsp3) is 0.417. The number of halogens is 1. The predicted octanol–water partition coefficient (Wildman–Crippen LogP) is 0.505. The zero-order valence-electron chi connectivity index (χ0n) is 11.0. The van der Waals surface area contributed by atoms with Gasteiger partial charge in [0.1, 0.15) is 0 Å². The van der Waals surface area contributed by atoms with Crippen LogP contribution in [0.2, 0.25) is 5.02 Å². The summed E-state index contributed by atoms with van der Waals surface area (Å²) in [5.41, 5.74) is 0. The number of aliphatic hydroxyl groups is 1. The molecule has 0 saturated carbocycles. The van der Waals surface area contributed by atoms with Crippen LogP contribution in [-0.2, 0) is 14.8 Å². The third-order valence-corrected chi connectivity index (χ3v) is 4.29. The Balaban J connectivity index is 2.66. The summed E-state index contributed by atoms with van der Waals surface area (Å²) >= 11 is 5.69. The quantitative estimate of drug-likeness (QED) is 0.638. The van der Waals surface area contributed by atoms with Crippen molar-refractivity contribution in [2.24, 2.45) is 0 Å². The van der Waals surface area contributed by atoms with Crippen LogP contribution >= 0.6 is 11.6 Å². The number of carbonyl (C=O) groups is 1. The van der Waals surface area contributed by atoms with Gasteiger partial charge in [0.2, 0.25) is 15.9 Å². The predicted molar refractivity (Wildman–Crippen MR) is 75.9 cm³/mol. The van der Waals surface area contributed by atoms with Crippen LogP contribution in [0.3, 0.4) is 0 Å². The normalized spacial score (nSPS) is 12.9. The number of nitrogens with one attached hydrogen (secondary N) is 2. The molecular formula is C12H17ClN2O4S. The molecule has 0 aromatic heterocycles. The number of amides is 1. The molecule has 0 heterocycles. The van der Waals surface area contributed by atoms with Crippen molar-refractivity contribution >= 4 is 27.5 Å². The van der Waals surface area contributed by atoms with Gasteiger partial charge in [-0.3, -0.25) is 4.79 Å². The lowest BCUT2D eigenvalue weighted by atomic mass is 10.3. The molecule has 1 atom stereocenters. The van der Waals surface area contributed by atoms with Crippen molar-refractivity contribution in [2.45, 2.75) is 24.3 Å². The summed E-state index contributed by atoms with van der Waals surface area (Å²) in [6, 6.07) is 4.74. The molecule has 0 spiro atoms. The molecule has 112 valence electrons. The topological polar surface area (TPSA) is 95.5 Å². The van der Waals surface area contributed by atoms with Gasteiger partial charge in [-0.05, 0) is 37.6 Å². The Morgan fingerprint density at radius 2 is 1.95 bits per heavy atom. The lowest BCUT2D eigenvalue weighted by molar-refractivity contribution is -0.122. The van der Waals surface area contributed by atoms with Crippen LogP contribution in [0.4, 0.5) is 0 Å². The molecule has 0 aliphatic rings. The number of sulfonamides is 1. The summed E-state index contributed by atoms with van der Waals surface area (Å²) in [5.74, 6) is -0.448. The summed E-state index contributed by atoms with van der Waals surface area (Å²) in [7, 11) is -3.77. The highest BCUT2D eigenvalue weighted by Gasteiger charge is 2.21. The largest absolute Gasteiger partial charge is 0.396 e. The second-order valence-electron chi connectivity index (χ2n) is 4.17. The zero-order valence-corrected chi connectivity index (χ0v) is 12.5. The SMILES string of the molecule is C[C@H](NS(=O)(=O)c1ccc(Cl)cc1)C(=O)NCCCO. The van der Waals surface area contributed by atoms with E-state index in [1.807, 2.05) is 0 Å². The van der Waals surface area contributed by atoms with Gasteiger partial charge in [-0.2, -0.15) is 4.72 Å². The first-order valence-corrected chi connectivity index (χ1v) is 7.89. The molecule has 0 aliphatic heterocycles. The molecule has 0 saturated heterocycles. The summed E-state index contributed by atoms with van der Waals surface area (Å²) in [5, 5.41) is 11.6. The van der Waals surface area contributed by atoms with E-state index in [-0.39, 0.29) is 11.5 Å². The van der Waals surface area contributed by atoms with Gasteiger partial charge in [0.25, 0.3) is 0 Å². The molecule has 0 unspecified atom stereocenters. The van der Waals surface area contributed by atoms with E-state index in [4.69, 9.17) is 16.7 Å². The second kappa shape index (κ2) is 7.58. The van der Waals surface area contributed by atoms with Gasteiger partial charge < -0.3 is 10.4 Å². The maximum absolute atomic E-state index is 12.0. The first kappa shape index (κ1) is 16.9. The minimum absolute atomic E-state index is 0.0365. The van der Waals surface area contributed by atoms with Gasteiger partial charge in [0, 0.05) is 18.2 Å². The van der Waals surface area contributed by atoms with Crippen LogP contribution in [0, 0.1) is 0 Å². The lowest BCUT2D eigenvalue weighted by Gasteiger charge is -2.14. The Bertz CT molecular complexity index is 545. The zero-order chi connectivity index (χ0) is 15.2. The molecule has 3 N–H and O–H groups in total. The Morgan fingerprint density at radius 1 is 1.35 bits per heavy atom. The fourth-order valence-electron chi connectivity index (χ4n) is 1.41. The summed E-state index contributed by atoms with van der Waals surface area (Å²) in [6.07, 6.45) is 0.419. The average Bonchev–Trinajstić information content (AvgIpc) is 2.38. The number of carbonyl (C=O) groups excluding carboxylic acids is 1. The summed E-state index contributed by atoms with van der Waals surface area (Å²) < 4.78 is 26.3. The molecule has 1 aromatic rings. The van der Waals surface area contributed by atoms with Crippen LogP contribution in [0.25, 0.3) is 0 Å². The number of hydrogen-bond donors (Lipinski definition) is 3. The molecule has 0 radical (unpaired) electrons. The van der Waals surface area contributed by atoms with Crippen molar-refractivity contribution in [2.75, 3.05) is 13.2 Å². The molecule has 1 aromatic carbocycles. The molecule has 0 aliphatic carbocycles. The van der Waals surface area contributed by atoms with E-state index in [2.05, 4.69) is 10.0 Å². The maximum atomic E-state index is 12.0. The second-order valence-corrected chi connectivity index (χ2v) is 6.32. The van der Waals surface area contributed by atoms with Crippen LogP contribution < -0.4 is 10.0 Å². The lowest BCUT2D eigenvalue weighted by Crippen LogP contribution is -2.45. The molecule has 0 fully saturated rings. The Morgan fingerprint density at radius 3 is 2.50 bits per heavy atom. The van der Waals surface area contributed by atoms with E-state index < -0.39 is 22.0 Å². The number of benzene rings is 1. The third kappa shape index (κ3) is 5.09. The van der Waals surface area contributed by atoms with Crippen LogP contribution in [-0.4, -0.2) is 38.6 Å².